The van der Waals surface area contributed by atoms with Crippen LogP contribution in [0.5, 0.6) is 0 Å². The molecule has 0 radical (unpaired) electrons. The van der Waals surface area contributed by atoms with E-state index in [0.717, 1.165) is 18.7 Å². The van der Waals surface area contributed by atoms with E-state index in [1.807, 2.05) is 6.92 Å². The molecule has 0 bridgehead atoms. The van der Waals surface area contributed by atoms with Gasteiger partial charge in [0.05, 0.1) is 11.8 Å². The number of benzene rings is 1. The number of hydrogen-bond donors (Lipinski definition) is 1. The standard InChI is InChI=1S/C20H31N3O3S/c1-3-27(25,26)23-14-10-18(11-15-23)20(24)21-16(2)17-6-8-19(9-7-17)22-12-4-5-13-22/h6-9,16,18H,3-5,10-15H2,1-2H3,(H,21,24)/t16-/m1/s1. The number of nitrogens with one attached hydrogen (secondary N) is 1. The highest BCUT2D eigenvalue weighted by Gasteiger charge is 2.30. The molecule has 1 N–H and O–H groups in total. The maximum absolute atomic E-state index is 12.6. The molecule has 1 amide bonds. The van der Waals surface area contributed by atoms with Crippen molar-refractivity contribution in [2.24, 2.45) is 5.92 Å². The lowest BCUT2D eigenvalue weighted by molar-refractivity contribution is -0.126. The largest absolute Gasteiger partial charge is 0.372 e. The fraction of sp³-hybridized carbons (Fsp3) is 0.650. The summed E-state index contributed by atoms with van der Waals surface area (Å²) in [4.78, 5) is 15.0. The zero-order valence-electron chi connectivity index (χ0n) is 16.4. The van der Waals surface area contributed by atoms with Crippen LogP contribution >= 0.6 is 0 Å². The maximum Gasteiger partial charge on any atom is 0.223 e. The molecule has 0 saturated carbocycles. The van der Waals surface area contributed by atoms with E-state index in [9.17, 15) is 13.2 Å². The molecule has 2 heterocycles. The van der Waals surface area contributed by atoms with E-state index in [1.54, 1.807) is 6.92 Å². The fourth-order valence-electron chi connectivity index (χ4n) is 3.94. The third kappa shape index (κ3) is 4.82. The Hall–Kier alpha value is -1.60. The Bertz CT molecular complexity index is 734. The van der Waals surface area contributed by atoms with Gasteiger partial charge in [0.25, 0.3) is 0 Å². The molecule has 2 aliphatic rings. The number of anilines is 1. The van der Waals surface area contributed by atoms with Crippen LogP contribution in [0.15, 0.2) is 24.3 Å². The summed E-state index contributed by atoms with van der Waals surface area (Å²) in [6, 6.07) is 8.40. The highest BCUT2D eigenvalue weighted by Crippen LogP contribution is 2.24. The monoisotopic (exact) mass is 393 g/mol. The van der Waals surface area contributed by atoms with Crippen molar-refractivity contribution in [3.05, 3.63) is 29.8 Å². The molecule has 1 aromatic carbocycles. The second-order valence-corrected chi connectivity index (χ2v) is 9.85. The van der Waals surface area contributed by atoms with Gasteiger partial charge in [0, 0.05) is 37.8 Å². The number of nitrogens with zero attached hydrogens (tertiary/aromatic N) is 2. The lowest BCUT2D eigenvalue weighted by Gasteiger charge is -2.31. The summed E-state index contributed by atoms with van der Waals surface area (Å²) in [5.74, 6) is 0.0354. The molecule has 0 unspecified atom stereocenters. The summed E-state index contributed by atoms with van der Waals surface area (Å²) in [6.07, 6.45) is 3.69. The van der Waals surface area contributed by atoms with Crippen molar-refractivity contribution < 1.29 is 13.2 Å². The number of piperidine rings is 1. The number of carbonyl (C=O) groups is 1. The van der Waals surface area contributed by atoms with Crippen LogP contribution in [0.2, 0.25) is 0 Å². The first-order valence-corrected chi connectivity index (χ1v) is 11.6. The third-order valence-electron chi connectivity index (χ3n) is 5.81. The molecule has 0 aliphatic carbocycles. The summed E-state index contributed by atoms with van der Waals surface area (Å²) in [6.45, 7) is 6.78. The normalized spacial score (nSPS) is 20.6. The quantitative estimate of drug-likeness (QED) is 0.806. The number of amides is 1. The van der Waals surface area contributed by atoms with Crippen LogP contribution in [-0.2, 0) is 14.8 Å². The van der Waals surface area contributed by atoms with Crippen molar-refractivity contribution in [2.75, 3.05) is 36.8 Å². The van der Waals surface area contributed by atoms with Crippen molar-refractivity contribution in [3.8, 4) is 0 Å². The van der Waals surface area contributed by atoms with Gasteiger partial charge in [-0.3, -0.25) is 4.79 Å². The van der Waals surface area contributed by atoms with E-state index in [-0.39, 0.29) is 23.6 Å². The van der Waals surface area contributed by atoms with Gasteiger partial charge >= 0.3 is 0 Å². The van der Waals surface area contributed by atoms with E-state index in [0.29, 0.717) is 25.9 Å². The average Bonchev–Trinajstić information content (AvgIpc) is 3.23. The topological polar surface area (TPSA) is 69.7 Å². The summed E-state index contributed by atoms with van der Waals surface area (Å²) in [5.41, 5.74) is 2.34. The summed E-state index contributed by atoms with van der Waals surface area (Å²) < 4.78 is 25.4. The number of hydrogen-bond acceptors (Lipinski definition) is 4. The van der Waals surface area contributed by atoms with E-state index in [4.69, 9.17) is 0 Å². The van der Waals surface area contributed by atoms with Gasteiger partial charge in [0.2, 0.25) is 15.9 Å². The molecule has 1 aromatic rings. The number of carbonyl (C=O) groups excluding carboxylic acids is 1. The fourth-order valence-corrected chi connectivity index (χ4v) is 5.07. The molecule has 27 heavy (non-hydrogen) atoms. The van der Waals surface area contributed by atoms with Gasteiger partial charge in [-0.25, -0.2) is 12.7 Å². The van der Waals surface area contributed by atoms with Crippen LogP contribution in [0, 0.1) is 5.92 Å². The van der Waals surface area contributed by atoms with Crippen LogP contribution < -0.4 is 10.2 Å². The molecule has 2 saturated heterocycles. The van der Waals surface area contributed by atoms with Gasteiger partial charge in [-0.05, 0) is 57.2 Å². The summed E-state index contributed by atoms with van der Waals surface area (Å²) >= 11 is 0. The molecule has 2 aliphatic heterocycles. The molecule has 0 spiro atoms. The first kappa shape index (κ1) is 20.1. The van der Waals surface area contributed by atoms with Gasteiger partial charge in [0.1, 0.15) is 0 Å². The highest BCUT2D eigenvalue weighted by molar-refractivity contribution is 7.89. The van der Waals surface area contributed by atoms with Gasteiger partial charge in [-0.15, -0.1) is 0 Å². The summed E-state index contributed by atoms with van der Waals surface area (Å²) in [5, 5.41) is 3.10. The van der Waals surface area contributed by atoms with Crippen LogP contribution in [0.4, 0.5) is 5.69 Å². The van der Waals surface area contributed by atoms with Gasteiger partial charge in [0.15, 0.2) is 0 Å². The molecule has 6 nitrogen and oxygen atoms in total. The minimum absolute atomic E-state index is 0.0275. The van der Waals surface area contributed by atoms with E-state index in [2.05, 4.69) is 34.5 Å². The molecule has 0 aromatic heterocycles. The SMILES string of the molecule is CCS(=O)(=O)N1CCC(C(=O)N[C@H](C)c2ccc(N3CCCC3)cc2)CC1. The Morgan fingerprint density at radius 3 is 2.26 bits per heavy atom. The van der Waals surface area contributed by atoms with Crippen molar-refractivity contribution in [3.63, 3.8) is 0 Å². The molecular weight excluding hydrogens is 362 g/mol. The Balaban J connectivity index is 1.52. The van der Waals surface area contributed by atoms with Crippen molar-refractivity contribution in [1.82, 2.24) is 9.62 Å². The predicted molar refractivity (Wildman–Crippen MR) is 108 cm³/mol. The van der Waals surface area contributed by atoms with E-state index in [1.165, 1.54) is 22.8 Å². The van der Waals surface area contributed by atoms with Crippen LogP contribution in [0.3, 0.4) is 0 Å². The van der Waals surface area contributed by atoms with Crippen LogP contribution in [-0.4, -0.2) is 50.6 Å². The highest BCUT2D eigenvalue weighted by atomic mass is 32.2. The van der Waals surface area contributed by atoms with Crippen molar-refractivity contribution >= 4 is 21.6 Å². The first-order valence-electron chi connectivity index (χ1n) is 10.0. The second kappa shape index (κ2) is 8.61. The first-order chi connectivity index (χ1) is 12.9. The second-order valence-electron chi connectivity index (χ2n) is 7.59. The Morgan fingerprint density at radius 1 is 1.11 bits per heavy atom. The van der Waals surface area contributed by atoms with Crippen molar-refractivity contribution in [1.29, 1.82) is 0 Å². The minimum atomic E-state index is -3.15. The summed E-state index contributed by atoms with van der Waals surface area (Å²) in [7, 11) is -3.15. The molecule has 2 fully saturated rings. The van der Waals surface area contributed by atoms with Gasteiger partial charge in [-0.1, -0.05) is 12.1 Å². The molecule has 150 valence electrons. The molecule has 1 atom stereocenters. The molecular formula is C20H31N3O3S. The smallest absolute Gasteiger partial charge is 0.223 e. The number of rotatable bonds is 6. The molecule has 7 heteroatoms. The minimum Gasteiger partial charge on any atom is -0.372 e. The Morgan fingerprint density at radius 2 is 1.70 bits per heavy atom. The maximum atomic E-state index is 12.6. The lowest BCUT2D eigenvalue weighted by atomic mass is 9.96. The zero-order valence-corrected chi connectivity index (χ0v) is 17.2. The Labute approximate surface area is 163 Å². The molecule has 3 rings (SSSR count). The van der Waals surface area contributed by atoms with Gasteiger partial charge < -0.3 is 10.2 Å². The average molecular weight is 394 g/mol. The van der Waals surface area contributed by atoms with Crippen LogP contribution in [0.1, 0.15) is 51.1 Å². The predicted octanol–water partition coefficient (Wildman–Crippen LogP) is 2.53. The lowest BCUT2D eigenvalue weighted by Crippen LogP contribution is -2.43. The van der Waals surface area contributed by atoms with Crippen molar-refractivity contribution in [2.45, 2.75) is 45.6 Å². The Kier molecular flexibility index (Phi) is 6.42. The van der Waals surface area contributed by atoms with E-state index >= 15 is 0 Å². The van der Waals surface area contributed by atoms with Gasteiger partial charge in [-0.2, -0.15) is 0 Å². The zero-order chi connectivity index (χ0) is 19.4. The van der Waals surface area contributed by atoms with Crippen LogP contribution in [0.25, 0.3) is 0 Å². The third-order valence-corrected chi connectivity index (χ3v) is 7.69. The van der Waals surface area contributed by atoms with E-state index < -0.39 is 10.0 Å². The number of sulfonamides is 1.